The highest BCUT2D eigenvalue weighted by Crippen LogP contribution is 2.62. The molecule has 2 aliphatic carbocycles. The number of carbonyl (C=O) groups excluding carboxylic acids is 2. The molecule has 0 bridgehead atoms. The molecule has 0 spiro atoms. The van der Waals surface area contributed by atoms with Crippen molar-refractivity contribution in [3.8, 4) is 0 Å². The van der Waals surface area contributed by atoms with E-state index in [2.05, 4.69) is 6.92 Å². The SMILES string of the molecule is CC[C@H]1CC[C@@]2(C)C(=O)c3ccccc3[C@@]2(O)[C@@H]1C(=O)c1ccccc1. The van der Waals surface area contributed by atoms with Crippen LogP contribution in [0, 0.1) is 17.3 Å². The Morgan fingerprint density at radius 1 is 1.12 bits per heavy atom. The fourth-order valence-corrected chi connectivity index (χ4v) is 5.20. The lowest BCUT2D eigenvalue weighted by molar-refractivity contribution is -0.131. The predicted molar refractivity (Wildman–Crippen MR) is 100 cm³/mol. The van der Waals surface area contributed by atoms with Gasteiger partial charge in [0.1, 0.15) is 5.60 Å². The topological polar surface area (TPSA) is 54.4 Å². The second kappa shape index (κ2) is 5.88. The summed E-state index contributed by atoms with van der Waals surface area (Å²) >= 11 is 0. The van der Waals surface area contributed by atoms with Gasteiger partial charge in [-0.15, -0.1) is 0 Å². The van der Waals surface area contributed by atoms with Crippen molar-refractivity contribution in [3.63, 3.8) is 0 Å². The highest BCUT2D eigenvalue weighted by molar-refractivity contribution is 6.09. The first-order valence-corrected chi connectivity index (χ1v) is 9.41. The van der Waals surface area contributed by atoms with Crippen LogP contribution in [-0.2, 0) is 5.60 Å². The molecule has 2 aromatic carbocycles. The third-order valence-electron chi connectivity index (χ3n) is 6.73. The molecule has 4 rings (SSSR count). The van der Waals surface area contributed by atoms with Crippen molar-refractivity contribution in [1.29, 1.82) is 0 Å². The van der Waals surface area contributed by atoms with Gasteiger partial charge in [0, 0.05) is 11.1 Å². The monoisotopic (exact) mass is 348 g/mol. The second-order valence-electron chi connectivity index (χ2n) is 7.89. The molecule has 0 unspecified atom stereocenters. The molecule has 1 N–H and O–H groups in total. The van der Waals surface area contributed by atoms with Gasteiger partial charge in [-0.3, -0.25) is 9.59 Å². The zero-order valence-corrected chi connectivity index (χ0v) is 15.2. The zero-order chi connectivity index (χ0) is 18.5. The molecule has 1 fully saturated rings. The summed E-state index contributed by atoms with van der Waals surface area (Å²) in [5.41, 5.74) is -0.602. The summed E-state index contributed by atoms with van der Waals surface area (Å²) in [4.78, 5) is 26.7. The number of carbonyl (C=O) groups is 2. The number of benzene rings is 2. The zero-order valence-electron chi connectivity index (χ0n) is 15.2. The van der Waals surface area contributed by atoms with Gasteiger partial charge >= 0.3 is 0 Å². The number of aliphatic hydroxyl groups is 1. The number of fused-ring (bicyclic) bond motifs is 3. The van der Waals surface area contributed by atoms with Crippen LogP contribution in [0.5, 0.6) is 0 Å². The fourth-order valence-electron chi connectivity index (χ4n) is 5.20. The van der Waals surface area contributed by atoms with Crippen LogP contribution in [0.1, 0.15) is 59.4 Å². The normalized spacial score (nSPS) is 32.8. The largest absolute Gasteiger partial charge is 0.383 e. The molecule has 0 saturated heterocycles. The highest BCUT2D eigenvalue weighted by Gasteiger charge is 2.67. The van der Waals surface area contributed by atoms with Crippen molar-refractivity contribution in [1.82, 2.24) is 0 Å². The molecule has 2 aromatic rings. The fraction of sp³-hybridized carbons (Fsp3) is 0.391. The van der Waals surface area contributed by atoms with E-state index in [1.54, 1.807) is 18.2 Å². The maximum atomic E-state index is 13.5. The van der Waals surface area contributed by atoms with E-state index in [4.69, 9.17) is 0 Å². The molecule has 3 heteroatoms. The quantitative estimate of drug-likeness (QED) is 0.837. The van der Waals surface area contributed by atoms with E-state index in [9.17, 15) is 14.7 Å². The second-order valence-corrected chi connectivity index (χ2v) is 7.89. The summed E-state index contributed by atoms with van der Waals surface area (Å²) in [5.74, 6) is -0.646. The van der Waals surface area contributed by atoms with Crippen LogP contribution in [0.3, 0.4) is 0 Å². The number of Topliss-reactive ketones (excluding diaryl/α,β-unsaturated/α-hetero) is 2. The Bertz CT molecular complexity index is 872. The molecule has 0 aromatic heterocycles. The highest BCUT2D eigenvalue weighted by atomic mass is 16.3. The Balaban J connectivity index is 1.93. The van der Waals surface area contributed by atoms with Gasteiger partial charge in [0.05, 0.1) is 11.3 Å². The van der Waals surface area contributed by atoms with Crippen LogP contribution in [-0.4, -0.2) is 16.7 Å². The van der Waals surface area contributed by atoms with E-state index in [0.29, 0.717) is 23.1 Å². The van der Waals surface area contributed by atoms with Gasteiger partial charge in [0.15, 0.2) is 11.6 Å². The van der Waals surface area contributed by atoms with E-state index >= 15 is 0 Å². The van der Waals surface area contributed by atoms with Crippen molar-refractivity contribution >= 4 is 11.6 Å². The molecule has 2 aliphatic rings. The van der Waals surface area contributed by atoms with Gasteiger partial charge in [-0.25, -0.2) is 0 Å². The molecule has 1 saturated carbocycles. The lowest BCUT2D eigenvalue weighted by Gasteiger charge is -2.51. The Kier molecular flexibility index (Phi) is 3.89. The van der Waals surface area contributed by atoms with E-state index in [1.165, 1.54) is 0 Å². The minimum atomic E-state index is -1.45. The van der Waals surface area contributed by atoms with Crippen LogP contribution in [0.4, 0.5) is 0 Å². The molecular weight excluding hydrogens is 324 g/mol. The van der Waals surface area contributed by atoms with Gasteiger partial charge in [-0.05, 0) is 31.2 Å². The maximum absolute atomic E-state index is 13.5. The average molecular weight is 348 g/mol. The van der Waals surface area contributed by atoms with Gasteiger partial charge in [-0.1, -0.05) is 67.9 Å². The predicted octanol–water partition coefficient (Wildman–Crippen LogP) is 4.40. The van der Waals surface area contributed by atoms with Crippen LogP contribution in [0.25, 0.3) is 0 Å². The first kappa shape index (κ1) is 17.2. The van der Waals surface area contributed by atoms with Crippen LogP contribution >= 0.6 is 0 Å². The van der Waals surface area contributed by atoms with Gasteiger partial charge in [-0.2, -0.15) is 0 Å². The van der Waals surface area contributed by atoms with E-state index < -0.39 is 16.9 Å². The molecule has 0 heterocycles. The lowest BCUT2D eigenvalue weighted by Crippen LogP contribution is -2.57. The van der Waals surface area contributed by atoms with E-state index in [1.807, 2.05) is 43.3 Å². The minimum Gasteiger partial charge on any atom is -0.383 e. The van der Waals surface area contributed by atoms with Crippen LogP contribution in [0.2, 0.25) is 0 Å². The molecule has 3 nitrogen and oxygen atoms in total. The lowest BCUT2D eigenvalue weighted by atomic mass is 9.54. The number of rotatable bonds is 3. The standard InChI is InChI=1S/C23H24O3/c1-3-15-13-14-22(2)21(25)17-11-7-8-12-18(17)23(22,26)19(15)20(24)16-9-5-4-6-10-16/h4-12,15,19,26H,3,13-14H2,1-2H3/t15-,19-,22-,23+/m0/s1. The summed E-state index contributed by atoms with van der Waals surface area (Å²) in [7, 11) is 0. The van der Waals surface area contributed by atoms with Crippen molar-refractivity contribution in [2.75, 3.05) is 0 Å². The van der Waals surface area contributed by atoms with E-state index in [0.717, 1.165) is 12.8 Å². The van der Waals surface area contributed by atoms with Crippen LogP contribution < -0.4 is 0 Å². The summed E-state index contributed by atoms with van der Waals surface area (Å²) in [5, 5.41) is 12.0. The third kappa shape index (κ3) is 2.04. The van der Waals surface area contributed by atoms with Gasteiger partial charge < -0.3 is 5.11 Å². The molecule has 0 amide bonds. The van der Waals surface area contributed by atoms with Gasteiger partial charge in [0.2, 0.25) is 0 Å². The Hall–Kier alpha value is -2.26. The van der Waals surface area contributed by atoms with Crippen molar-refractivity contribution in [3.05, 3.63) is 71.3 Å². The number of hydrogen-bond acceptors (Lipinski definition) is 3. The molecule has 0 radical (unpaired) electrons. The first-order valence-electron chi connectivity index (χ1n) is 9.41. The Morgan fingerprint density at radius 3 is 2.46 bits per heavy atom. The summed E-state index contributed by atoms with van der Waals surface area (Å²) in [6, 6.07) is 16.4. The minimum absolute atomic E-state index is 0.0315. The summed E-state index contributed by atoms with van der Waals surface area (Å²) in [6.45, 7) is 3.90. The maximum Gasteiger partial charge on any atom is 0.172 e. The molecule has 134 valence electrons. The number of hydrogen-bond donors (Lipinski definition) is 1. The van der Waals surface area contributed by atoms with Crippen molar-refractivity contribution < 1.29 is 14.7 Å². The molecule has 4 atom stereocenters. The van der Waals surface area contributed by atoms with Crippen LogP contribution in [0.15, 0.2) is 54.6 Å². The van der Waals surface area contributed by atoms with Crippen molar-refractivity contribution in [2.45, 2.75) is 38.7 Å². The Labute approximate surface area is 154 Å². The molecule has 26 heavy (non-hydrogen) atoms. The molecule has 0 aliphatic heterocycles. The number of ketones is 2. The van der Waals surface area contributed by atoms with Crippen molar-refractivity contribution in [2.24, 2.45) is 17.3 Å². The van der Waals surface area contributed by atoms with Gasteiger partial charge in [0.25, 0.3) is 0 Å². The smallest absolute Gasteiger partial charge is 0.172 e. The third-order valence-corrected chi connectivity index (χ3v) is 6.73. The summed E-state index contributed by atoms with van der Waals surface area (Å²) in [6.07, 6.45) is 2.18. The molecular formula is C23H24O3. The summed E-state index contributed by atoms with van der Waals surface area (Å²) < 4.78 is 0. The Morgan fingerprint density at radius 2 is 1.77 bits per heavy atom. The average Bonchev–Trinajstić information content (AvgIpc) is 2.86. The van der Waals surface area contributed by atoms with E-state index in [-0.39, 0.29) is 17.5 Å². The first-order chi connectivity index (χ1) is 12.4.